The van der Waals surface area contributed by atoms with E-state index in [1.807, 2.05) is 30.3 Å². The number of urea groups is 1. The number of nitrogens with zero attached hydrogens (tertiary/aromatic N) is 2. The number of rotatable bonds is 4. The van der Waals surface area contributed by atoms with Gasteiger partial charge in [-0.1, -0.05) is 30.3 Å². The number of nitrogens with two attached hydrogens (primary N) is 1. The number of aromatic nitrogens is 1. The van der Waals surface area contributed by atoms with E-state index >= 15 is 0 Å². The average molecular weight is 379 g/mol. The Morgan fingerprint density at radius 1 is 1.19 bits per heavy atom. The summed E-state index contributed by atoms with van der Waals surface area (Å²) < 4.78 is 44.2. The molecule has 2 N–H and O–H groups in total. The van der Waals surface area contributed by atoms with Crippen LogP contribution in [0.2, 0.25) is 0 Å². The van der Waals surface area contributed by atoms with E-state index in [-0.39, 0.29) is 11.9 Å². The molecule has 2 heterocycles. The van der Waals surface area contributed by atoms with Gasteiger partial charge in [-0.3, -0.25) is 0 Å². The first-order chi connectivity index (χ1) is 12.9. The third kappa shape index (κ3) is 4.50. The van der Waals surface area contributed by atoms with Gasteiger partial charge in [-0.15, -0.1) is 0 Å². The molecule has 0 aliphatic carbocycles. The van der Waals surface area contributed by atoms with Crippen LogP contribution in [0.1, 0.15) is 36.5 Å². The number of halogens is 3. The van der Waals surface area contributed by atoms with E-state index in [4.69, 9.17) is 10.5 Å². The highest BCUT2D eigenvalue weighted by Crippen LogP contribution is 2.34. The van der Waals surface area contributed by atoms with Crippen LogP contribution in [-0.4, -0.2) is 28.5 Å². The molecule has 2 unspecified atom stereocenters. The predicted molar refractivity (Wildman–Crippen MR) is 93.0 cm³/mol. The summed E-state index contributed by atoms with van der Waals surface area (Å²) in [5.41, 5.74) is 5.48. The summed E-state index contributed by atoms with van der Waals surface area (Å²) in [4.78, 5) is 17.2. The second kappa shape index (κ2) is 7.85. The quantitative estimate of drug-likeness (QED) is 0.868. The van der Waals surface area contributed by atoms with Gasteiger partial charge in [0.05, 0.1) is 11.6 Å². The van der Waals surface area contributed by atoms with Crippen molar-refractivity contribution in [1.82, 2.24) is 9.88 Å². The van der Waals surface area contributed by atoms with Crippen LogP contribution in [0.15, 0.2) is 48.7 Å². The molecule has 2 amide bonds. The third-order valence-electron chi connectivity index (χ3n) is 4.62. The van der Waals surface area contributed by atoms with E-state index in [9.17, 15) is 18.0 Å². The molecule has 0 spiro atoms. The molecule has 0 bridgehead atoms. The topological polar surface area (TPSA) is 68.5 Å². The van der Waals surface area contributed by atoms with Crippen molar-refractivity contribution < 1.29 is 22.7 Å². The zero-order valence-electron chi connectivity index (χ0n) is 14.5. The van der Waals surface area contributed by atoms with Crippen molar-refractivity contribution in [3.63, 3.8) is 0 Å². The normalized spacial score (nSPS) is 18.8. The third-order valence-corrected chi connectivity index (χ3v) is 4.62. The first-order valence-electron chi connectivity index (χ1n) is 8.67. The molecule has 144 valence electrons. The second-order valence-electron chi connectivity index (χ2n) is 6.43. The van der Waals surface area contributed by atoms with Crippen LogP contribution < -0.4 is 10.5 Å². The van der Waals surface area contributed by atoms with Gasteiger partial charge in [-0.25, -0.2) is 9.78 Å². The lowest BCUT2D eigenvalue weighted by molar-refractivity contribution is -0.137. The van der Waals surface area contributed by atoms with Gasteiger partial charge < -0.3 is 15.4 Å². The SMILES string of the molecule is NC(=O)N1CCCCC1C(Oc1ccc(C(F)(F)F)cn1)c1ccccc1. The van der Waals surface area contributed by atoms with Crippen molar-refractivity contribution in [3.05, 3.63) is 59.8 Å². The molecule has 5 nitrogen and oxygen atoms in total. The Morgan fingerprint density at radius 3 is 2.52 bits per heavy atom. The molecule has 2 atom stereocenters. The lowest BCUT2D eigenvalue weighted by Crippen LogP contribution is -2.50. The van der Waals surface area contributed by atoms with Crippen LogP contribution in [0, 0.1) is 0 Å². The van der Waals surface area contributed by atoms with Crippen LogP contribution in [0.5, 0.6) is 5.88 Å². The largest absolute Gasteiger partial charge is 0.467 e. The molecule has 0 radical (unpaired) electrons. The van der Waals surface area contributed by atoms with E-state index in [1.54, 1.807) is 4.90 Å². The molecule has 1 aliphatic heterocycles. The van der Waals surface area contributed by atoms with E-state index < -0.39 is 23.9 Å². The maximum absolute atomic E-state index is 12.7. The Labute approximate surface area is 154 Å². The summed E-state index contributed by atoms with van der Waals surface area (Å²) >= 11 is 0. The average Bonchev–Trinajstić information content (AvgIpc) is 2.66. The fraction of sp³-hybridized carbons (Fsp3) is 0.368. The zero-order chi connectivity index (χ0) is 19.4. The number of pyridine rings is 1. The molecular weight excluding hydrogens is 359 g/mol. The van der Waals surface area contributed by atoms with Gasteiger partial charge >= 0.3 is 12.2 Å². The van der Waals surface area contributed by atoms with E-state index in [1.165, 1.54) is 6.07 Å². The van der Waals surface area contributed by atoms with Crippen molar-refractivity contribution in [2.75, 3.05) is 6.54 Å². The number of amides is 2. The Kier molecular flexibility index (Phi) is 5.53. The van der Waals surface area contributed by atoms with Crippen LogP contribution in [0.25, 0.3) is 0 Å². The van der Waals surface area contributed by atoms with Crippen molar-refractivity contribution >= 4 is 6.03 Å². The molecule has 1 fully saturated rings. The summed E-state index contributed by atoms with van der Waals surface area (Å²) in [6, 6.07) is 10.5. The van der Waals surface area contributed by atoms with Crippen LogP contribution in [0.4, 0.5) is 18.0 Å². The van der Waals surface area contributed by atoms with Crippen molar-refractivity contribution in [2.45, 2.75) is 37.6 Å². The Bertz CT molecular complexity index is 766. The van der Waals surface area contributed by atoms with Gasteiger partial charge in [0.15, 0.2) is 0 Å². The number of hydrogen-bond donors (Lipinski definition) is 1. The summed E-state index contributed by atoms with van der Waals surface area (Å²) in [5, 5.41) is 0. The Balaban J connectivity index is 1.90. The lowest BCUT2D eigenvalue weighted by Gasteiger charge is -2.39. The van der Waals surface area contributed by atoms with E-state index in [0.717, 1.165) is 30.7 Å². The van der Waals surface area contributed by atoms with Gasteiger partial charge in [0.25, 0.3) is 0 Å². The van der Waals surface area contributed by atoms with Crippen molar-refractivity contribution in [2.24, 2.45) is 5.73 Å². The first-order valence-corrected chi connectivity index (χ1v) is 8.67. The highest BCUT2D eigenvalue weighted by Gasteiger charge is 2.35. The van der Waals surface area contributed by atoms with Gasteiger partial charge in [0, 0.05) is 18.8 Å². The number of carbonyl (C=O) groups is 1. The second-order valence-corrected chi connectivity index (χ2v) is 6.43. The highest BCUT2D eigenvalue weighted by atomic mass is 19.4. The van der Waals surface area contributed by atoms with Crippen molar-refractivity contribution in [1.29, 1.82) is 0 Å². The van der Waals surface area contributed by atoms with E-state index in [2.05, 4.69) is 4.98 Å². The minimum atomic E-state index is -4.46. The van der Waals surface area contributed by atoms with Crippen LogP contribution in [0.3, 0.4) is 0 Å². The minimum absolute atomic E-state index is 0.0619. The molecule has 3 rings (SSSR count). The maximum Gasteiger partial charge on any atom is 0.417 e. The van der Waals surface area contributed by atoms with Crippen molar-refractivity contribution in [3.8, 4) is 5.88 Å². The number of piperidine rings is 1. The summed E-state index contributed by atoms with van der Waals surface area (Å²) in [5.74, 6) is 0.0619. The molecule has 8 heteroatoms. The molecule has 1 aromatic carbocycles. The molecule has 1 aromatic heterocycles. The Hall–Kier alpha value is -2.77. The molecule has 27 heavy (non-hydrogen) atoms. The number of ether oxygens (including phenoxy) is 1. The first kappa shape index (κ1) is 19.0. The fourth-order valence-electron chi connectivity index (χ4n) is 3.30. The molecule has 1 saturated heterocycles. The standard InChI is InChI=1S/C19H20F3N3O2/c20-19(21,22)14-9-10-16(24-12-14)27-17(13-6-2-1-3-7-13)15-8-4-5-11-25(15)18(23)26/h1-3,6-7,9-10,12,15,17H,4-5,8,11H2,(H2,23,26). The number of primary amides is 1. The summed E-state index contributed by atoms with van der Waals surface area (Å²) in [7, 11) is 0. The number of hydrogen-bond acceptors (Lipinski definition) is 3. The smallest absolute Gasteiger partial charge is 0.417 e. The zero-order valence-corrected chi connectivity index (χ0v) is 14.5. The number of likely N-dealkylation sites (tertiary alicyclic amines) is 1. The number of benzene rings is 1. The van der Waals surface area contributed by atoms with Gasteiger partial charge in [0.1, 0.15) is 6.10 Å². The van der Waals surface area contributed by atoms with Gasteiger partial charge in [-0.2, -0.15) is 13.2 Å². The van der Waals surface area contributed by atoms with Gasteiger partial charge in [0.2, 0.25) is 5.88 Å². The molecule has 2 aromatic rings. The summed E-state index contributed by atoms with van der Waals surface area (Å²) in [6.07, 6.45) is -1.87. The van der Waals surface area contributed by atoms with E-state index in [0.29, 0.717) is 13.0 Å². The van der Waals surface area contributed by atoms with Gasteiger partial charge in [-0.05, 0) is 30.9 Å². The van der Waals surface area contributed by atoms with Crippen LogP contribution in [-0.2, 0) is 6.18 Å². The highest BCUT2D eigenvalue weighted by molar-refractivity contribution is 5.72. The number of carbonyl (C=O) groups excluding carboxylic acids is 1. The lowest BCUT2D eigenvalue weighted by atomic mass is 9.93. The molecule has 0 saturated carbocycles. The van der Waals surface area contributed by atoms with Crippen LogP contribution >= 0.6 is 0 Å². The maximum atomic E-state index is 12.7. The molecular formula is C19H20F3N3O2. The fourth-order valence-corrected chi connectivity index (χ4v) is 3.30. The monoisotopic (exact) mass is 379 g/mol. The predicted octanol–water partition coefficient (Wildman–Crippen LogP) is 4.15. The Morgan fingerprint density at radius 2 is 1.93 bits per heavy atom. The molecule has 1 aliphatic rings. The summed E-state index contributed by atoms with van der Waals surface area (Å²) in [6.45, 7) is 0.521. The number of alkyl halides is 3. The minimum Gasteiger partial charge on any atom is -0.467 e.